The van der Waals surface area contributed by atoms with Crippen LogP contribution < -0.4 is 0 Å². The zero-order valence-corrected chi connectivity index (χ0v) is 9.45. The van der Waals surface area contributed by atoms with Gasteiger partial charge in [-0.15, -0.1) is 22.9 Å². The fraction of sp³-hybridized carbons (Fsp3) is 0.375. The standard InChI is InChI=1S/C8H8BrClOS/c9-8(6(11)3-4-10)7-2-1-5-12-7/h1-2,5,8H,3-4H2. The molecule has 1 heterocycles. The van der Waals surface area contributed by atoms with Crippen LogP contribution in [0, 0.1) is 0 Å². The summed E-state index contributed by atoms with van der Waals surface area (Å²) in [6, 6.07) is 3.87. The molecule has 0 aliphatic carbocycles. The summed E-state index contributed by atoms with van der Waals surface area (Å²) in [5.41, 5.74) is 0. The van der Waals surface area contributed by atoms with Crippen LogP contribution in [0.5, 0.6) is 0 Å². The van der Waals surface area contributed by atoms with E-state index in [9.17, 15) is 4.79 Å². The van der Waals surface area contributed by atoms with Gasteiger partial charge in [-0.25, -0.2) is 0 Å². The van der Waals surface area contributed by atoms with Crippen molar-refractivity contribution in [1.82, 2.24) is 0 Å². The van der Waals surface area contributed by atoms with E-state index in [0.717, 1.165) is 4.88 Å². The highest BCUT2D eigenvalue weighted by Gasteiger charge is 2.16. The van der Waals surface area contributed by atoms with Gasteiger partial charge in [0.25, 0.3) is 0 Å². The molecule has 0 aromatic carbocycles. The van der Waals surface area contributed by atoms with E-state index in [1.807, 2.05) is 17.5 Å². The Kier molecular flexibility index (Phi) is 4.26. The highest BCUT2D eigenvalue weighted by Crippen LogP contribution is 2.28. The summed E-state index contributed by atoms with van der Waals surface area (Å²) in [4.78, 5) is 12.2. The normalized spacial score (nSPS) is 12.8. The van der Waals surface area contributed by atoms with E-state index in [-0.39, 0.29) is 10.6 Å². The maximum absolute atomic E-state index is 11.3. The minimum Gasteiger partial charge on any atom is -0.298 e. The summed E-state index contributed by atoms with van der Waals surface area (Å²) in [5.74, 6) is 0.541. The monoisotopic (exact) mass is 266 g/mol. The molecule has 1 rings (SSSR count). The molecule has 0 amide bonds. The highest BCUT2D eigenvalue weighted by atomic mass is 79.9. The Morgan fingerprint density at radius 3 is 3.00 bits per heavy atom. The first-order valence-electron chi connectivity index (χ1n) is 3.52. The van der Waals surface area contributed by atoms with Crippen LogP contribution in [-0.4, -0.2) is 11.7 Å². The minimum atomic E-state index is -0.170. The molecule has 1 aromatic rings. The Morgan fingerprint density at radius 2 is 2.50 bits per heavy atom. The molecule has 1 nitrogen and oxygen atoms in total. The van der Waals surface area contributed by atoms with Crippen LogP contribution in [0.2, 0.25) is 0 Å². The maximum Gasteiger partial charge on any atom is 0.152 e. The number of hydrogen-bond acceptors (Lipinski definition) is 2. The molecule has 0 bridgehead atoms. The van der Waals surface area contributed by atoms with Gasteiger partial charge in [-0.2, -0.15) is 0 Å². The van der Waals surface area contributed by atoms with Crippen molar-refractivity contribution >= 4 is 44.7 Å². The fourth-order valence-corrected chi connectivity index (χ4v) is 2.43. The average molecular weight is 268 g/mol. The molecular weight excluding hydrogens is 260 g/mol. The Bertz CT molecular complexity index is 248. The predicted molar refractivity (Wildman–Crippen MR) is 56.3 cm³/mol. The van der Waals surface area contributed by atoms with Gasteiger partial charge in [-0.1, -0.05) is 22.0 Å². The van der Waals surface area contributed by atoms with Crippen LogP contribution in [0.1, 0.15) is 16.1 Å². The lowest BCUT2D eigenvalue weighted by Gasteiger charge is -2.03. The van der Waals surface area contributed by atoms with E-state index in [4.69, 9.17) is 11.6 Å². The number of carbonyl (C=O) groups excluding carboxylic acids is 1. The summed E-state index contributed by atoms with van der Waals surface area (Å²) < 4.78 is 0. The summed E-state index contributed by atoms with van der Waals surface area (Å²) in [6.45, 7) is 0. The molecule has 1 aromatic heterocycles. The van der Waals surface area contributed by atoms with Crippen LogP contribution in [0.15, 0.2) is 17.5 Å². The van der Waals surface area contributed by atoms with E-state index < -0.39 is 0 Å². The van der Waals surface area contributed by atoms with Crippen LogP contribution in [0.4, 0.5) is 0 Å². The molecule has 0 saturated carbocycles. The number of thiophene rings is 1. The minimum absolute atomic E-state index is 0.146. The second-order valence-electron chi connectivity index (χ2n) is 2.28. The van der Waals surface area contributed by atoms with Crippen molar-refractivity contribution in [2.45, 2.75) is 11.2 Å². The summed E-state index contributed by atoms with van der Waals surface area (Å²) in [7, 11) is 0. The maximum atomic E-state index is 11.3. The van der Waals surface area contributed by atoms with Gasteiger partial charge in [0.2, 0.25) is 0 Å². The van der Waals surface area contributed by atoms with Crippen molar-refractivity contribution in [3.05, 3.63) is 22.4 Å². The number of hydrogen-bond donors (Lipinski definition) is 0. The Balaban J connectivity index is 2.59. The first kappa shape index (κ1) is 10.2. The Hall–Kier alpha value is 0.140. The quantitative estimate of drug-likeness (QED) is 0.764. The number of halogens is 2. The zero-order chi connectivity index (χ0) is 8.97. The SMILES string of the molecule is O=C(CCCl)C(Br)c1cccs1. The molecule has 0 N–H and O–H groups in total. The van der Waals surface area contributed by atoms with Gasteiger partial charge in [0, 0.05) is 17.2 Å². The second-order valence-corrected chi connectivity index (χ2v) is 4.56. The number of Topliss-reactive ketones (excluding diaryl/α,β-unsaturated/α-hetero) is 1. The lowest BCUT2D eigenvalue weighted by atomic mass is 10.2. The first-order valence-corrected chi connectivity index (χ1v) is 5.85. The van der Waals surface area contributed by atoms with Gasteiger partial charge in [-0.3, -0.25) is 4.79 Å². The predicted octanol–water partition coefficient (Wildman–Crippen LogP) is 3.38. The van der Waals surface area contributed by atoms with Gasteiger partial charge < -0.3 is 0 Å². The second kappa shape index (κ2) is 5.00. The fourth-order valence-electron chi connectivity index (χ4n) is 0.814. The molecule has 0 aliphatic heterocycles. The van der Waals surface area contributed by atoms with Gasteiger partial charge >= 0.3 is 0 Å². The van der Waals surface area contributed by atoms with Crippen molar-refractivity contribution in [3.63, 3.8) is 0 Å². The third-order valence-corrected chi connectivity index (χ3v) is 3.85. The summed E-state index contributed by atoms with van der Waals surface area (Å²) in [6.07, 6.45) is 0.426. The number of ketones is 1. The van der Waals surface area contributed by atoms with Crippen LogP contribution in [0.25, 0.3) is 0 Å². The third kappa shape index (κ3) is 2.57. The lowest BCUT2D eigenvalue weighted by molar-refractivity contribution is -0.118. The van der Waals surface area contributed by atoms with Gasteiger partial charge in [-0.05, 0) is 11.4 Å². The number of carbonyl (C=O) groups is 1. The van der Waals surface area contributed by atoms with E-state index in [1.165, 1.54) is 0 Å². The van der Waals surface area contributed by atoms with E-state index in [1.54, 1.807) is 11.3 Å². The molecule has 1 atom stereocenters. The van der Waals surface area contributed by atoms with Crippen molar-refractivity contribution in [3.8, 4) is 0 Å². The number of alkyl halides is 2. The molecule has 0 radical (unpaired) electrons. The van der Waals surface area contributed by atoms with Gasteiger partial charge in [0.05, 0.1) is 0 Å². The van der Waals surface area contributed by atoms with Gasteiger partial charge in [0.1, 0.15) is 4.83 Å². The van der Waals surface area contributed by atoms with Crippen molar-refractivity contribution < 1.29 is 4.79 Å². The molecule has 1 unspecified atom stereocenters. The molecule has 4 heteroatoms. The number of rotatable bonds is 4. The van der Waals surface area contributed by atoms with E-state index in [0.29, 0.717) is 12.3 Å². The highest BCUT2D eigenvalue weighted by molar-refractivity contribution is 9.09. The largest absolute Gasteiger partial charge is 0.298 e. The van der Waals surface area contributed by atoms with Crippen LogP contribution in [0.3, 0.4) is 0 Å². The first-order chi connectivity index (χ1) is 5.75. The van der Waals surface area contributed by atoms with E-state index in [2.05, 4.69) is 15.9 Å². The topological polar surface area (TPSA) is 17.1 Å². The zero-order valence-electron chi connectivity index (χ0n) is 6.30. The van der Waals surface area contributed by atoms with Crippen molar-refractivity contribution in [2.24, 2.45) is 0 Å². The molecule has 0 aliphatic rings. The molecule has 66 valence electrons. The van der Waals surface area contributed by atoms with E-state index >= 15 is 0 Å². The summed E-state index contributed by atoms with van der Waals surface area (Å²) >= 11 is 10.4. The van der Waals surface area contributed by atoms with Gasteiger partial charge in [0.15, 0.2) is 5.78 Å². The smallest absolute Gasteiger partial charge is 0.152 e. The molecule has 0 spiro atoms. The third-order valence-electron chi connectivity index (χ3n) is 1.42. The Morgan fingerprint density at radius 1 is 1.75 bits per heavy atom. The van der Waals surface area contributed by atoms with Crippen molar-refractivity contribution in [2.75, 3.05) is 5.88 Å². The molecule has 12 heavy (non-hydrogen) atoms. The van der Waals surface area contributed by atoms with Crippen LogP contribution in [-0.2, 0) is 4.79 Å². The summed E-state index contributed by atoms with van der Waals surface area (Å²) in [5, 5.41) is 1.96. The average Bonchev–Trinajstić information content (AvgIpc) is 2.55. The van der Waals surface area contributed by atoms with Crippen molar-refractivity contribution in [1.29, 1.82) is 0 Å². The molecule has 0 fully saturated rings. The molecular formula is C8H8BrClOS. The Labute approximate surface area is 88.9 Å². The van der Waals surface area contributed by atoms with Crippen LogP contribution >= 0.6 is 38.9 Å². The lowest BCUT2D eigenvalue weighted by Crippen LogP contribution is -2.05. The molecule has 0 saturated heterocycles.